The molecular weight excluding hydrogens is 272 g/mol. The summed E-state index contributed by atoms with van der Waals surface area (Å²) in [7, 11) is 0. The number of nitrogen functional groups attached to an aromatic ring is 1. The van der Waals surface area contributed by atoms with Gasteiger partial charge in [-0.25, -0.2) is 4.98 Å². The van der Waals surface area contributed by atoms with Crippen LogP contribution in [0.5, 0.6) is 0 Å². The first kappa shape index (κ1) is 14.1. The Morgan fingerprint density at radius 2 is 1.82 bits per heavy atom. The highest BCUT2D eigenvalue weighted by molar-refractivity contribution is 5.99. The summed E-state index contributed by atoms with van der Waals surface area (Å²) in [5.74, 6) is 0.742. The highest BCUT2D eigenvalue weighted by Gasteiger charge is 2.02. The Labute approximate surface area is 129 Å². The highest BCUT2D eigenvalue weighted by Crippen LogP contribution is 2.19. The molecule has 0 aliphatic heterocycles. The largest absolute Gasteiger partial charge is 0.399 e. The van der Waals surface area contributed by atoms with E-state index >= 15 is 0 Å². The fourth-order valence-corrected chi connectivity index (χ4v) is 2.34. The van der Waals surface area contributed by atoms with Crippen molar-refractivity contribution in [3.05, 3.63) is 65.7 Å². The number of aromatic nitrogens is 1. The summed E-state index contributed by atoms with van der Waals surface area (Å²) in [6.45, 7) is 4.03. The fraction of sp³-hybridized carbons (Fsp3) is 0.111. The number of hydrazone groups is 1. The number of aryl methyl sites for hydroxylation is 1. The van der Waals surface area contributed by atoms with Gasteiger partial charge in [0.2, 0.25) is 0 Å². The minimum Gasteiger partial charge on any atom is -0.399 e. The molecule has 4 nitrogen and oxygen atoms in total. The summed E-state index contributed by atoms with van der Waals surface area (Å²) >= 11 is 0. The Balaban J connectivity index is 1.86. The molecular formula is C18H18N4. The second kappa shape index (κ2) is 5.85. The van der Waals surface area contributed by atoms with Crippen LogP contribution in [0.2, 0.25) is 0 Å². The zero-order valence-corrected chi connectivity index (χ0v) is 12.7. The van der Waals surface area contributed by atoms with Crippen LogP contribution < -0.4 is 11.2 Å². The molecule has 0 aliphatic rings. The SMILES string of the molecule is CC(=NNc1cc(C)c2ccccc2n1)c1ccc(N)cc1. The lowest BCUT2D eigenvalue weighted by atomic mass is 10.1. The number of rotatable bonds is 3. The van der Waals surface area contributed by atoms with Crippen LogP contribution in [0, 0.1) is 6.92 Å². The lowest BCUT2D eigenvalue weighted by Gasteiger charge is -2.07. The first-order chi connectivity index (χ1) is 10.6. The summed E-state index contributed by atoms with van der Waals surface area (Å²) in [5, 5.41) is 5.57. The van der Waals surface area contributed by atoms with Gasteiger partial charge in [-0.3, -0.25) is 5.43 Å². The van der Waals surface area contributed by atoms with E-state index in [1.807, 2.05) is 55.5 Å². The van der Waals surface area contributed by atoms with E-state index in [1.54, 1.807) is 0 Å². The topological polar surface area (TPSA) is 63.3 Å². The molecule has 0 spiro atoms. The predicted octanol–water partition coefficient (Wildman–Crippen LogP) is 3.96. The van der Waals surface area contributed by atoms with Crippen LogP contribution in [0.15, 0.2) is 59.7 Å². The van der Waals surface area contributed by atoms with Gasteiger partial charge >= 0.3 is 0 Å². The molecule has 3 rings (SSSR count). The number of pyridine rings is 1. The van der Waals surface area contributed by atoms with Gasteiger partial charge in [-0.05, 0) is 49.2 Å². The number of anilines is 2. The monoisotopic (exact) mass is 290 g/mol. The molecule has 0 saturated heterocycles. The number of nitrogens with one attached hydrogen (secondary N) is 1. The number of nitrogens with zero attached hydrogens (tertiary/aromatic N) is 2. The van der Waals surface area contributed by atoms with Gasteiger partial charge in [0.05, 0.1) is 11.2 Å². The van der Waals surface area contributed by atoms with E-state index in [0.29, 0.717) is 0 Å². The third kappa shape index (κ3) is 2.91. The Hall–Kier alpha value is -2.88. The van der Waals surface area contributed by atoms with E-state index in [1.165, 1.54) is 5.56 Å². The van der Waals surface area contributed by atoms with Gasteiger partial charge in [0.1, 0.15) is 5.82 Å². The molecule has 1 heterocycles. The van der Waals surface area contributed by atoms with Crippen molar-refractivity contribution in [1.82, 2.24) is 4.98 Å². The van der Waals surface area contributed by atoms with Gasteiger partial charge in [0.25, 0.3) is 0 Å². The van der Waals surface area contributed by atoms with Crippen molar-refractivity contribution in [3.63, 3.8) is 0 Å². The van der Waals surface area contributed by atoms with Crippen molar-refractivity contribution >= 4 is 28.1 Å². The smallest absolute Gasteiger partial charge is 0.147 e. The minimum atomic E-state index is 0.742. The van der Waals surface area contributed by atoms with Crippen molar-refractivity contribution in [2.45, 2.75) is 13.8 Å². The summed E-state index contributed by atoms with van der Waals surface area (Å²) in [6.07, 6.45) is 0. The molecule has 2 aromatic carbocycles. The van der Waals surface area contributed by atoms with Crippen molar-refractivity contribution in [3.8, 4) is 0 Å². The number of hydrogen-bond donors (Lipinski definition) is 2. The molecule has 3 N–H and O–H groups in total. The first-order valence-corrected chi connectivity index (χ1v) is 7.16. The van der Waals surface area contributed by atoms with E-state index < -0.39 is 0 Å². The lowest BCUT2D eigenvalue weighted by molar-refractivity contribution is 1.24. The van der Waals surface area contributed by atoms with Crippen LogP contribution in [-0.2, 0) is 0 Å². The van der Waals surface area contributed by atoms with Crippen LogP contribution in [0.3, 0.4) is 0 Å². The van der Waals surface area contributed by atoms with Gasteiger partial charge in [-0.15, -0.1) is 0 Å². The van der Waals surface area contributed by atoms with Crippen LogP contribution >= 0.6 is 0 Å². The maximum atomic E-state index is 5.70. The van der Waals surface area contributed by atoms with Gasteiger partial charge in [-0.2, -0.15) is 5.10 Å². The molecule has 1 aromatic heterocycles. The third-order valence-electron chi connectivity index (χ3n) is 3.59. The zero-order valence-electron chi connectivity index (χ0n) is 12.7. The van der Waals surface area contributed by atoms with Crippen LogP contribution in [0.4, 0.5) is 11.5 Å². The first-order valence-electron chi connectivity index (χ1n) is 7.16. The number of fused-ring (bicyclic) bond motifs is 1. The van der Waals surface area contributed by atoms with Gasteiger partial charge in [-0.1, -0.05) is 30.3 Å². The molecule has 110 valence electrons. The average molecular weight is 290 g/mol. The summed E-state index contributed by atoms with van der Waals surface area (Å²) < 4.78 is 0. The molecule has 0 aliphatic carbocycles. The van der Waals surface area contributed by atoms with Crippen molar-refractivity contribution in [1.29, 1.82) is 0 Å². The number of nitrogens with two attached hydrogens (primary N) is 1. The van der Waals surface area contributed by atoms with Gasteiger partial charge in [0, 0.05) is 11.1 Å². The molecule has 0 saturated carbocycles. The van der Waals surface area contributed by atoms with E-state index in [4.69, 9.17) is 5.73 Å². The zero-order chi connectivity index (χ0) is 15.5. The normalized spacial score (nSPS) is 11.6. The molecule has 0 bridgehead atoms. The number of para-hydroxylation sites is 1. The molecule has 0 amide bonds. The van der Waals surface area contributed by atoms with Gasteiger partial charge < -0.3 is 5.73 Å². The van der Waals surface area contributed by atoms with E-state index in [2.05, 4.69) is 28.5 Å². The summed E-state index contributed by atoms with van der Waals surface area (Å²) in [6, 6.07) is 17.7. The molecule has 22 heavy (non-hydrogen) atoms. The van der Waals surface area contributed by atoms with Crippen LogP contribution in [0.1, 0.15) is 18.1 Å². The van der Waals surface area contributed by atoms with Crippen molar-refractivity contribution in [2.75, 3.05) is 11.2 Å². The summed E-state index contributed by atoms with van der Waals surface area (Å²) in [4.78, 5) is 4.58. The highest BCUT2D eigenvalue weighted by atomic mass is 15.3. The predicted molar refractivity (Wildman–Crippen MR) is 93.2 cm³/mol. The molecule has 0 atom stereocenters. The molecule has 0 fully saturated rings. The van der Waals surface area contributed by atoms with Crippen LogP contribution in [-0.4, -0.2) is 10.7 Å². The second-order valence-corrected chi connectivity index (χ2v) is 5.27. The number of hydrogen-bond acceptors (Lipinski definition) is 4. The molecule has 3 aromatic rings. The van der Waals surface area contributed by atoms with Crippen molar-refractivity contribution < 1.29 is 0 Å². The Morgan fingerprint density at radius 1 is 1.09 bits per heavy atom. The molecule has 0 radical (unpaired) electrons. The third-order valence-corrected chi connectivity index (χ3v) is 3.59. The maximum absolute atomic E-state index is 5.70. The quantitative estimate of drug-likeness (QED) is 0.436. The minimum absolute atomic E-state index is 0.742. The van der Waals surface area contributed by atoms with Crippen molar-refractivity contribution in [2.24, 2.45) is 5.10 Å². The Kier molecular flexibility index (Phi) is 3.74. The molecule has 4 heteroatoms. The maximum Gasteiger partial charge on any atom is 0.147 e. The van der Waals surface area contributed by atoms with Crippen LogP contribution in [0.25, 0.3) is 10.9 Å². The standard InChI is InChI=1S/C18H18N4/c1-12-11-18(20-17-6-4-3-5-16(12)17)22-21-13(2)14-7-9-15(19)10-8-14/h3-11H,19H2,1-2H3,(H,20,22). The number of benzene rings is 2. The van der Waals surface area contributed by atoms with E-state index in [0.717, 1.165) is 33.7 Å². The molecule has 0 unspecified atom stereocenters. The Morgan fingerprint density at radius 3 is 2.59 bits per heavy atom. The summed E-state index contributed by atoms with van der Waals surface area (Å²) in [5.41, 5.74) is 13.5. The van der Waals surface area contributed by atoms with Gasteiger partial charge in [0.15, 0.2) is 0 Å². The fourth-order valence-electron chi connectivity index (χ4n) is 2.34. The average Bonchev–Trinajstić information content (AvgIpc) is 2.53. The van der Waals surface area contributed by atoms with E-state index in [-0.39, 0.29) is 0 Å². The van der Waals surface area contributed by atoms with E-state index in [9.17, 15) is 0 Å². The second-order valence-electron chi connectivity index (χ2n) is 5.27. The lowest BCUT2D eigenvalue weighted by Crippen LogP contribution is -2.01. The Bertz CT molecular complexity index is 835.